The molecule has 3 rings (SSSR count). The van der Waals surface area contributed by atoms with Crippen LogP contribution in [0.3, 0.4) is 0 Å². The first-order valence-electron chi connectivity index (χ1n) is 7.69. The molecule has 1 aromatic heterocycles. The molecule has 0 unspecified atom stereocenters. The summed E-state index contributed by atoms with van der Waals surface area (Å²) in [5, 5.41) is 1.03. The summed E-state index contributed by atoms with van der Waals surface area (Å²) in [5.74, 6) is -0.865. The number of pyridine rings is 1. The number of halogens is 1. The molecule has 0 spiro atoms. The van der Waals surface area contributed by atoms with Crippen molar-refractivity contribution >= 4 is 22.9 Å². The molecule has 126 valence electrons. The predicted molar refractivity (Wildman–Crippen MR) is 93.5 cm³/mol. The molecule has 0 bridgehead atoms. The van der Waals surface area contributed by atoms with Gasteiger partial charge in [-0.3, -0.25) is 0 Å². The van der Waals surface area contributed by atoms with Crippen LogP contribution in [0.2, 0.25) is 0 Å². The molecule has 0 radical (unpaired) electrons. The Morgan fingerprint density at radius 1 is 1.16 bits per heavy atom. The highest BCUT2D eigenvalue weighted by Gasteiger charge is 2.05. The third kappa shape index (κ3) is 4.20. The molecule has 5 heteroatoms. The molecule has 3 aromatic rings. The lowest BCUT2D eigenvalue weighted by Crippen LogP contribution is -2.01. The second-order valence-electron chi connectivity index (χ2n) is 5.34. The fraction of sp³-hybridized carbons (Fsp3) is 0.100. The molecular weight excluding hydrogens is 321 g/mol. The maximum absolute atomic E-state index is 13.6. The number of benzene rings is 2. The molecule has 0 aliphatic carbocycles. The maximum atomic E-state index is 13.6. The number of esters is 1. The van der Waals surface area contributed by atoms with Gasteiger partial charge in [-0.1, -0.05) is 30.3 Å². The van der Waals surface area contributed by atoms with E-state index in [0.717, 1.165) is 10.9 Å². The van der Waals surface area contributed by atoms with E-state index >= 15 is 0 Å². The molecular formula is C20H16FNO3. The van der Waals surface area contributed by atoms with E-state index in [1.54, 1.807) is 12.1 Å². The van der Waals surface area contributed by atoms with E-state index in [9.17, 15) is 9.18 Å². The Kier molecular flexibility index (Phi) is 5.04. The van der Waals surface area contributed by atoms with Gasteiger partial charge in [-0.25, -0.2) is 14.2 Å². The van der Waals surface area contributed by atoms with Gasteiger partial charge in [0.2, 0.25) is 0 Å². The Bertz CT molecular complexity index is 937. The van der Waals surface area contributed by atoms with Crippen LogP contribution in [-0.2, 0) is 16.1 Å². The van der Waals surface area contributed by atoms with Crippen molar-refractivity contribution in [1.29, 1.82) is 0 Å². The standard InChI is InChI=1S/C20H16FNO3/c1-24-19-10-6-14(12-17(19)21)13-25-20(23)11-9-16-8-7-15-4-2-3-5-18(15)22-16/h2-12H,13H2,1H3/b11-9+. The summed E-state index contributed by atoms with van der Waals surface area (Å²) in [6.45, 7) is -0.0186. The van der Waals surface area contributed by atoms with Crippen LogP contribution in [0.25, 0.3) is 17.0 Å². The summed E-state index contributed by atoms with van der Waals surface area (Å²) >= 11 is 0. The highest BCUT2D eigenvalue weighted by molar-refractivity contribution is 5.87. The molecule has 0 N–H and O–H groups in total. The molecule has 0 saturated heterocycles. The smallest absolute Gasteiger partial charge is 0.331 e. The van der Waals surface area contributed by atoms with Crippen LogP contribution in [-0.4, -0.2) is 18.1 Å². The summed E-state index contributed by atoms with van der Waals surface area (Å²) in [7, 11) is 1.39. The second-order valence-corrected chi connectivity index (χ2v) is 5.34. The predicted octanol–water partition coefficient (Wildman–Crippen LogP) is 4.14. The molecule has 0 fully saturated rings. The molecule has 25 heavy (non-hydrogen) atoms. The lowest BCUT2D eigenvalue weighted by atomic mass is 10.2. The van der Waals surface area contributed by atoms with Crippen molar-refractivity contribution in [3.63, 3.8) is 0 Å². The quantitative estimate of drug-likeness (QED) is 0.519. The minimum atomic E-state index is -0.522. The Morgan fingerprint density at radius 2 is 2.00 bits per heavy atom. The van der Waals surface area contributed by atoms with Crippen LogP contribution in [0.1, 0.15) is 11.3 Å². The van der Waals surface area contributed by atoms with Crippen LogP contribution in [0.5, 0.6) is 5.75 Å². The minimum Gasteiger partial charge on any atom is -0.494 e. The first-order chi connectivity index (χ1) is 12.2. The van der Waals surface area contributed by atoms with Crippen molar-refractivity contribution in [2.45, 2.75) is 6.61 Å². The van der Waals surface area contributed by atoms with Gasteiger partial charge in [0.05, 0.1) is 18.3 Å². The van der Waals surface area contributed by atoms with E-state index in [1.807, 2.05) is 36.4 Å². The van der Waals surface area contributed by atoms with Crippen LogP contribution in [0, 0.1) is 5.82 Å². The molecule has 0 aliphatic rings. The van der Waals surface area contributed by atoms with Crippen LogP contribution < -0.4 is 4.74 Å². The first-order valence-corrected chi connectivity index (χ1v) is 7.69. The number of ether oxygens (including phenoxy) is 2. The van der Waals surface area contributed by atoms with Crippen LogP contribution in [0.15, 0.2) is 60.7 Å². The zero-order valence-electron chi connectivity index (χ0n) is 13.6. The van der Waals surface area contributed by atoms with Crippen molar-refractivity contribution in [1.82, 2.24) is 4.98 Å². The van der Waals surface area contributed by atoms with Gasteiger partial charge in [-0.2, -0.15) is 0 Å². The lowest BCUT2D eigenvalue weighted by Gasteiger charge is -2.05. The minimum absolute atomic E-state index is 0.0186. The zero-order chi connectivity index (χ0) is 17.6. The van der Waals surface area contributed by atoms with Gasteiger partial charge < -0.3 is 9.47 Å². The summed E-state index contributed by atoms with van der Waals surface area (Å²) in [5.41, 5.74) is 2.06. The van der Waals surface area contributed by atoms with Gasteiger partial charge in [0, 0.05) is 11.5 Å². The number of carbonyl (C=O) groups is 1. The average Bonchev–Trinajstić information content (AvgIpc) is 2.64. The van der Waals surface area contributed by atoms with Gasteiger partial charge >= 0.3 is 5.97 Å². The average molecular weight is 337 g/mol. The van der Waals surface area contributed by atoms with E-state index in [0.29, 0.717) is 11.3 Å². The SMILES string of the molecule is COc1ccc(COC(=O)/C=C/c2ccc3ccccc3n2)cc1F. The van der Waals surface area contributed by atoms with Gasteiger partial charge in [0.15, 0.2) is 11.6 Å². The highest BCUT2D eigenvalue weighted by atomic mass is 19.1. The number of para-hydroxylation sites is 1. The lowest BCUT2D eigenvalue weighted by molar-refractivity contribution is -0.138. The van der Waals surface area contributed by atoms with Crippen molar-refractivity contribution < 1.29 is 18.7 Å². The van der Waals surface area contributed by atoms with Gasteiger partial charge in [0.1, 0.15) is 6.61 Å². The Morgan fingerprint density at radius 3 is 2.80 bits per heavy atom. The normalized spacial score (nSPS) is 11.0. The summed E-state index contributed by atoms with van der Waals surface area (Å²) in [6.07, 6.45) is 2.89. The Hall–Kier alpha value is -3.21. The number of nitrogens with zero attached hydrogens (tertiary/aromatic N) is 1. The van der Waals surface area contributed by atoms with Crippen LogP contribution in [0.4, 0.5) is 4.39 Å². The number of carbonyl (C=O) groups excluding carboxylic acids is 1. The van der Waals surface area contributed by atoms with Gasteiger partial charge in [-0.15, -0.1) is 0 Å². The summed E-state index contributed by atoms with van der Waals surface area (Å²) < 4.78 is 23.5. The number of hydrogen-bond donors (Lipinski definition) is 0. The Labute approximate surface area is 144 Å². The number of methoxy groups -OCH3 is 1. The molecule has 0 aliphatic heterocycles. The molecule has 0 amide bonds. The topological polar surface area (TPSA) is 48.4 Å². The van der Waals surface area contributed by atoms with E-state index in [4.69, 9.17) is 9.47 Å². The number of fused-ring (bicyclic) bond motifs is 1. The highest BCUT2D eigenvalue weighted by Crippen LogP contribution is 2.18. The van der Waals surface area contributed by atoms with Crippen molar-refractivity contribution in [2.75, 3.05) is 7.11 Å². The molecule has 1 heterocycles. The molecule has 4 nitrogen and oxygen atoms in total. The summed E-state index contributed by atoms with van der Waals surface area (Å²) in [4.78, 5) is 16.2. The third-order valence-electron chi connectivity index (χ3n) is 3.61. The van der Waals surface area contributed by atoms with Gasteiger partial charge in [-0.05, 0) is 35.9 Å². The van der Waals surface area contributed by atoms with Crippen molar-refractivity contribution in [2.24, 2.45) is 0 Å². The summed E-state index contributed by atoms with van der Waals surface area (Å²) in [6, 6.07) is 15.9. The molecule has 2 aromatic carbocycles. The monoisotopic (exact) mass is 337 g/mol. The Balaban J connectivity index is 1.61. The van der Waals surface area contributed by atoms with E-state index < -0.39 is 11.8 Å². The number of hydrogen-bond acceptors (Lipinski definition) is 4. The van der Waals surface area contributed by atoms with E-state index in [1.165, 1.54) is 25.3 Å². The number of aromatic nitrogens is 1. The first kappa shape index (κ1) is 16.6. The second kappa shape index (κ2) is 7.57. The zero-order valence-corrected chi connectivity index (χ0v) is 13.6. The molecule has 0 atom stereocenters. The van der Waals surface area contributed by atoms with Crippen molar-refractivity contribution in [3.05, 3.63) is 77.7 Å². The van der Waals surface area contributed by atoms with Gasteiger partial charge in [0.25, 0.3) is 0 Å². The number of rotatable bonds is 5. The fourth-order valence-electron chi connectivity index (χ4n) is 2.33. The fourth-order valence-corrected chi connectivity index (χ4v) is 2.33. The largest absolute Gasteiger partial charge is 0.494 e. The van der Waals surface area contributed by atoms with Crippen LogP contribution >= 0.6 is 0 Å². The maximum Gasteiger partial charge on any atom is 0.331 e. The van der Waals surface area contributed by atoms with E-state index in [2.05, 4.69) is 4.98 Å². The van der Waals surface area contributed by atoms with E-state index in [-0.39, 0.29) is 12.4 Å². The third-order valence-corrected chi connectivity index (χ3v) is 3.61. The van der Waals surface area contributed by atoms with Crippen molar-refractivity contribution in [3.8, 4) is 5.75 Å². The molecule has 0 saturated carbocycles.